The summed E-state index contributed by atoms with van der Waals surface area (Å²) >= 11 is 0. The van der Waals surface area contributed by atoms with Gasteiger partial charge < -0.3 is 9.74 Å². The van der Waals surface area contributed by atoms with Crippen molar-refractivity contribution in [3.63, 3.8) is 0 Å². The van der Waals surface area contributed by atoms with Crippen LogP contribution in [-0.2, 0) is 11.3 Å². The average Bonchev–Trinajstić information content (AvgIpc) is 2.19. The van der Waals surface area contributed by atoms with Gasteiger partial charge in [-0.3, -0.25) is 0 Å². The van der Waals surface area contributed by atoms with Gasteiger partial charge in [-0.25, -0.2) is 0 Å². The molecule has 0 aromatic heterocycles. The molecule has 0 spiro atoms. The van der Waals surface area contributed by atoms with Gasteiger partial charge in [0.2, 0.25) is 0 Å². The average molecular weight is 192 g/mol. The zero-order valence-electron chi connectivity index (χ0n) is 8.90. The number of nitrogens with zero attached hydrogens (tertiary/aromatic N) is 2. The second-order valence-electron chi connectivity index (χ2n) is 3.24. The lowest BCUT2D eigenvalue weighted by atomic mass is 10.1. The van der Waals surface area contributed by atoms with E-state index in [0.29, 0.717) is 0 Å². The fourth-order valence-electron chi connectivity index (χ4n) is 1.15. The SMILES string of the molecule is CON=CCc1ccc(N(C)C)cc1. The molecule has 0 bridgehead atoms. The second-order valence-corrected chi connectivity index (χ2v) is 3.24. The van der Waals surface area contributed by atoms with Crippen LogP contribution in [-0.4, -0.2) is 27.4 Å². The van der Waals surface area contributed by atoms with Crippen LogP contribution < -0.4 is 4.90 Å². The van der Waals surface area contributed by atoms with Gasteiger partial charge in [-0.05, 0) is 17.7 Å². The molecule has 0 aliphatic heterocycles. The van der Waals surface area contributed by atoms with E-state index >= 15 is 0 Å². The first kappa shape index (κ1) is 10.6. The number of oxime groups is 1. The van der Waals surface area contributed by atoms with Crippen molar-refractivity contribution in [1.82, 2.24) is 0 Å². The monoisotopic (exact) mass is 192 g/mol. The first-order chi connectivity index (χ1) is 6.74. The summed E-state index contributed by atoms with van der Waals surface area (Å²) in [6.45, 7) is 0. The second kappa shape index (κ2) is 5.27. The molecule has 0 N–H and O–H groups in total. The zero-order valence-corrected chi connectivity index (χ0v) is 8.90. The highest BCUT2D eigenvalue weighted by Gasteiger charge is 1.94. The van der Waals surface area contributed by atoms with Crippen molar-refractivity contribution < 1.29 is 4.84 Å². The number of hydrogen-bond donors (Lipinski definition) is 0. The largest absolute Gasteiger partial charge is 0.399 e. The van der Waals surface area contributed by atoms with Gasteiger partial charge in [-0.15, -0.1) is 0 Å². The molecular formula is C11H16N2O. The summed E-state index contributed by atoms with van der Waals surface area (Å²) in [5, 5.41) is 3.69. The van der Waals surface area contributed by atoms with E-state index in [-0.39, 0.29) is 0 Å². The van der Waals surface area contributed by atoms with E-state index in [0.717, 1.165) is 6.42 Å². The Bertz CT molecular complexity index is 291. The van der Waals surface area contributed by atoms with Gasteiger partial charge in [0.05, 0.1) is 0 Å². The van der Waals surface area contributed by atoms with E-state index in [1.165, 1.54) is 11.3 Å². The van der Waals surface area contributed by atoms with Crippen LogP contribution in [0, 0.1) is 0 Å². The van der Waals surface area contributed by atoms with E-state index in [4.69, 9.17) is 0 Å². The minimum absolute atomic E-state index is 0.807. The van der Waals surface area contributed by atoms with Crippen molar-refractivity contribution in [2.24, 2.45) is 5.16 Å². The maximum atomic E-state index is 4.59. The lowest BCUT2D eigenvalue weighted by Crippen LogP contribution is -2.08. The summed E-state index contributed by atoms with van der Waals surface area (Å²) in [4.78, 5) is 6.66. The van der Waals surface area contributed by atoms with Crippen LogP contribution in [0.2, 0.25) is 0 Å². The van der Waals surface area contributed by atoms with Gasteiger partial charge in [0.25, 0.3) is 0 Å². The van der Waals surface area contributed by atoms with Gasteiger partial charge in [0, 0.05) is 32.4 Å². The molecule has 0 amide bonds. The smallest absolute Gasteiger partial charge is 0.106 e. The van der Waals surface area contributed by atoms with Gasteiger partial charge in [-0.2, -0.15) is 0 Å². The van der Waals surface area contributed by atoms with Crippen LogP contribution in [0.5, 0.6) is 0 Å². The third-order valence-corrected chi connectivity index (χ3v) is 1.96. The molecule has 3 heteroatoms. The molecule has 1 aromatic carbocycles. The predicted octanol–water partition coefficient (Wildman–Crippen LogP) is 1.93. The van der Waals surface area contributed by atoms with Crippen molar-refractivity contribution >= 4 is 11.9 Å². The fourth-order valence-corrected chi connectivity index (χ4v) is 1.15. The Morgan fingerprint density at radius 2 is 1.93 bits per heavy atom. The third-order valence-electron chi connectivity index (χ3n) is 1.96. The molecule has 0 aliphatic rings. The summed E-state index contributed by atoms with van der Waals surface area (Å²) in [5.41, 5.74) is 2.44. The topological polar surface area (TPSA) is 24.8 Å². The lowest BCUT2D eigenvalue weighted by molar-refractivity contribution is 0.215. The molecule has 76 valence electrons. The molecule has 0 heterocycles. The molecule has 1 aromatic rings. The van der Waals surface area contributed by atoms with Crippen molar-refractivity contribution in [1.29, 1.82) is 0 Å². The Morgan fingerprint density at radius 1 is 1.29 bits per heavy atom. The van der Waals surface area contributed by atoms with E-state index in [1.807, 2.05) is 14.1 Å². The Kier molecular flexibility index (Phi) is 3.98. The Balaban J connectivity index is 2.59. The van der Waals surface area contributed by atoms with Gasteiger partial charge in [0.1, 0.15) is 7.11 Å². The highest BCUT2D eigenvalue weighted by molar-refractivity contribution is 5.61. The maximum Gasteiger partial charge on any atom is 0.106 e. The summed E-state index contributed by atoms with van der Waals surface area (Å²) < 4.78 is 0. The van der Waals surface area contributed by atoms with E-state index in [2.05, 4.69) is 39.2 Å². The van der Waals surface area contributed by atoms with Crippen LogP contribution in [0.3, 0.4) is 0 Å². The Morgan fingerprint density at radius 3 is 2.43 bits per heavy atom. The summed E-state index contributed by atoms with van der Waals surface area (Å²) in [6.07, 6.45) is 2.56. The van der Waals surface area contributed by atoms with Crippen molar-refractivity contribution in [3.8, 4) is 0 Å². The molecule has 0 saturated heterocycles. The molecule has 0 aliphatic carbocycles. The standard InChI is InChI=1S/C11H16N2O/c1-13(2)11-6-4-10(5-7-11)8-9-12-14-3/h4-7,9H,8H2,1-3H3. The van der Waals surface area contributed by atoms with Crippen LogP contribution in [0.1, 0.15) is 5.56 Å². The van der Waals surface area contributed by atoms with Crippen LogP contribution in [0.4, 0.5) is 5.69 Å². The third kappa shape index (κ3) is 3.09. The predicted molar refractivity (Wildman–Crippen MR) is 60.0 cm³/mol. The van der Waals surface area contributed by atoms with Gasteiger partial charge >= 0.3 is 0 Å². The normalized spacial score (nSPS) is 10.5. The van der Waals surface area contributed by atoms with Crippen LogP contribution >= 0.6 is 0 Å². The number of rotatable bonds is 4. The van der Waals surface area contributed by atoms with E-state index in [9.17, 15) is 0 Å². The van der Waals surface area contributed by atoms with Crippen LogP contribution in [0.15, 0.2) is 29.4 Å². The molecule has 0 atom stereocenters. The molecule has 0 saturated carbocycles. The van der Waals surface area contributed by atoms with Crippen molar-refractivity contribution in [2.45, 2.75) is 6.42 Å². The molecule has 3 nitrogen and oxygen atoms in total. The summed E-state index contributed by atoms with van der Waals surface area (Å²) in [5.74, 6) is 0. The summed E-state index contributed by atoms with van der Waals surface area (Å²) in [7, 11) is 5.61. The quantitative estimate of drug-likeness (QED) is 0.538. The lowest BCUT2D eigenvalue weighted by Gasteiger charge is -2.12. The molecule has 0 radical (unpaired) electrons. The summed E-state index contributed by atoms with van der Waals surface area (Å²) in [6, 6.07) is 8.37. The van der Waals surface area contributed by atoms with Crippen molar-refractivity contribution in [2.75, 3.05) is 26.1 Å². The number of benzene rings is 1. The highest BCUT2D eigenvalue weighted by atomic mass is 16.6. The fraction of sp³-hybridized carbons (Fsp3) is 0.364. The highest BCUT2D eigenvalue weighted by Crippen LogP contribution is 2.11. The van der Waals surface area contributed by atoms with Crippen LogP contribution in [0.25, 0.3) is 0 Å². The van der Waals surface area contributed by atoms with E-state index < -0.39 is 0 Å². The first-order valence-electron chi connectivity index (χ1n) is 4.55. The number of hydrogen-bond acceptors (Lipinski definition) is 3. The molecular weight excluding hydrogens is 176 g/mol. The van der Waals surface area contributed by atoms with Gasteiger partial charge in [0.15, 0.2) is 0 Å². The molecule has 14 heavy (non-hydrogen) atoms. The molecule has 0 fully saturated rings. The molecule has 0 unspecified atom stereocenters. The van der Waals surface area contributed by atoms with E-state index in [1.54, 1.807) is 13.3 Å². The van der Waals surface area contributed by atoms with Crippen molar-refractivity contribution in [3.05, 3.63) is 29.8 Å². The van der Waals surface area contributed by atoms with Gasteiger partial charge in [-0.1, -0.05) is 17.3 Å². The maximum absolute atomic E-state index is 4.59. The number of anilines is 1. The Hall–Kier alpha value is -1.51. The zero-order chi connectivity index (χ0) is 10.4. The minimum Gasteiger partial charge on any atom is -0.399 e. The minimum atomic E-state index is 0.807. The first-order valence-corrected chi connectivity index (χ1v) is 4.55. The Labute approximate surface area is 85.0 Å². The molecule has 1 rings (SSSR count).